The zero-order valence-corrected chi connectivity index (χ0v) is 20.7. The minimum absolute atomic E-state index is 0.150. The van der Waals surface area contributed by atoms with Gasteiger partial charge in [-0.2, -0.15) is 5.26 Å². The molecule has 4 fully saturated rings. The van der Waals surface area contributed by atoms with Gasteiger partial charge in [0.1, 0.15) is 0 Å². The van der Waals surface area contributed by atoms with E-state index in [9.17, 15) is 15.5 Å². The number of aliphatic hydroxyl groups is 2. The van der Waals surface area contributed by atoms with Gasteiger partial charge in [0.25, 0.3) is 0 Å². The van der Waals surface area contributed by atoms with E-state index in [4.69, 9.17) is 0 Å². The number of aliphatic hydroxyl groups excluding tert-OH is 1. The van der Waals surface area contributed by atoms with Crippen LogP contribution in [0.3, 0.4) is 0 Å². The SMILES string of the molecule is C[C@H](CCCC(C)(C)O)[C@H]1CC[C@H]2[C@@H]3C(C#N)CC4C[C@@H](O)CC[C@]4(C)[C@H]3CC[C@]12C. The van der Waals surface area contributed by atoms with E-state index in [-0.39, 0.29) is 12.0 Å². The Bertz CT molecular complexity index is 692. The van der Waals surface area contributed by atoms with Crippen molar-refractivity contribution in [3.8, 4) is 6.07 Å². The Labute approximate surface area is 191 Å². The summed E-state index contributed by atoms with van der Waals surface area (Å²) in [6.45, 7) is 11.4. The van der Waals surface area contributed by atoms with Crippen molar-refractivity contribution in [3.05, 3.63) is 0 Å². The predicted octanol–water partition coefficient (Wildman–Crippen LogP) is 6.33. The smallest absolute Gasteiger partial charge is 0.0659 e. The van der Waals surface area contributed by atoms with Crippen LogP contribution in [0.1, 0.15) is 105 Å². The molecule has 0 aromatic carbocycles. The highest BCUT2D eigenvalue weighted by Crippen LogP contribution is 2.69. The van der Waals surface area contributed by atoms with Crippen LogP contribution in [0.2, 0.25) is 0 Å². The Morgan fingerprint density at radius 3 is 2.39 bits per heavy atom. The molecule has 0 heterocycles. The van der Waals surface area contributed by atoms with Crippen molar-refractivity contribution in [1.29, 1.82) is 5.26 Å². The Balaban J connectivity index is 1.52. The van der Waals surface area contributed by atoms with Gasteiger partial charge in [-0.3, -0.25) is 0 Å². The average Bonchev–Trinajstić information content (AvgIpc) is 3.04. The van der Waals surface area contributed by atoms with Gasteiger partial charge in [-0.15, -0.1) is 0 Å². The zero-order valence-electron chi connectivity index (χ0n) is 20.7. The molecular weight excluding hydrogens is 382 g/mol. The molecule has 3 heteroatoms. The molecule has 4 aliphatic carbocycles. The molecule has 0 bridgehead atoms. The lowest BCUT2D eigenvalue weighted by Gasteiger charge is -2.62. The van der Waals surface area contributed by atoms with Gasteiger partial charge < -0.3 is 10.2 Å². The fraction of sp³-hybridized carbons (Fsp3) is 0.964. The number of hydrogen-bond acceptors (Lipinski definition) is 3. The van der Waals surface area contributed by atoms with Gasteiger partial charge >= 0.3 is 0 Å². The zero-order chi connectivity index (χ0) is 22.6. The predicted molar refractivity (Wildman–Crippen MR) is 125 cm³/mol. The first-order valence-corrected chi connectivity index (χ1v) is 13.3. The Morgan fingerprint density at radius 2 is 1.71 bits per heavy atom. The summed E-state index contributed by atoms with van der Waals surface area (Å²) in [7, 11) is 0. The molecule has 0 spiro atoms. The quantitative estimate of drug-likeness (QED) is 0.536. The minimum atomic E-state index is -0.554. The van der Waals surface area contributed by atoms with Gasteiger partial charge in [0, 0.05) is 5.92 Å². The van der Waals surface area contributed by atoms with Crippen molar-refractivity contribution in [2.45, 2.75) is 117 Å². The molecule has 0 saturated heterocycles. The summed E-state index contributed by atoms with van der Waals surface area (Å²) < 4.78 is 0. The van der Waals surface area contributed by atoms with Gasteiger partial charge in [-0.25, -0.2) is 0 Å². The molecule has 10 atom stereocenters. The Hall–Kier alpha value is -0.590. The van der Waals surface area contributed by atoms with E-state index in [0.717, 1.165) is 44.4 Å². The van der Waals surface area contributed by atoms with Crippen LogP contribution in [0.25, 0.3) is 0 Å². The van der Waals surface area contributed by atoms with Crippen LogP contribution in [0.15, 0.2) is 0 Å². The molecule has 4 rings (SSSR count). The van der Waals surface area contributed by atoms with Crippen molar-refractivity contribution < 1.29 is 10.2 Å². The second-order valence-electron chi connectivity index (χ2n) is 13.3. The number of hydrogen-bond donors (Lipinski definition) is 2. The van der Waals surface area contributed by atoms with Crippen molar-refractivity contribution in [1.82, 2.24) is 0 Å². The normalized spacial score (nSPS) is 48.3. The molecule has 176 valence electrons. The lowest BCUT2D eigenvalue weighted by atomic mass is 9.42. The third-order valence-corrected chi connectivity index (χ3v) is 11.1. The van der Waals surface area contributed by atoms with E-state index < -0.39 is 5.60 Å². The van der Waals surface area contributed by atoms with Crippen LogP contribution in [0, 0.1) is 63.6 Å². The van der Waals surface area contributed by atoms with Gasteiger partial charge in [-0.1, -0.05) is 33.6 Å². The summed E-state index contributed by atoms with van der Waals surface area (Å²) in [4.78, 5) is 0. The van der Waals surface area contributed by atoms with Gasteiger partial charge in [0.05, 0.1) is 17.8 Å². The maximum atomic E-state index is 10.3. The first kappa shape index (κ1) is 23.6. The highest BCUT2D eigenvalue weighted by atomic mass is 16.3. The van der Waals surface area contributed by atoms with Crippen LogP contribution in [0.5, 0.6) is 0 Å². The van der Waals surface area contributed by atoms with Crippen LogP contribution < -0.4 is 0 Å². The molecule has 0 aromatic heterocycles. The van der Waals surface area contributed by atoms with Crippen molar-refractivity contribution in [2.75, 3.05) is 0 Å². The van der Waals surface area contributed by atoms with E-state index in [1.165, 1.54) is 32.1 Å². The summed E-state index contributed by atoms with van der Waals surface area (Å²) in [6, 6.07) is 2.78. The molecule has 2 unspecified atom stereocenters. The number of nitrogens with zero attached hydrogens (tertiary/aromatic N) is 1. The van der Waals surface area contributed by atoms with Crippen LogP contribution in [-0.4, -0.2) is 21.9 Å². The maximum absolute atomic E-state index is 10.3. The second-order valence-corrected chi connectivity index (χ2v) is 13.3. The van der Waals surface area contributed by atoms with Crippen LogP contribution in [-0.2, 0) is 0 Å². The molecular formula is C28H47NO2. The van der Waals surface area contributed by atoms with Gasteiger partial charge in [-0.05, 0) is 118 Å². The monoisotopic (exact) mass is 429 g/mol. The first-order chi connectivity index (χ1) is 14.5. The third kappa shape index (κ3) is 4.10. The number of rotatable bonds is 5. The van der Waals surface area contributed by atoms with E-state index >= 15 is 0 Å². The molecule has 0 aromatic rings. The highest BCUT2D eigenvalue weighted by molar-refractivity contribution is 5.14. The lowest BCUT2D eigenvalue weighted by molar-refractivity contribution is -0.143. The van der Waals surface area contributed by atoms with E-state index in [0.29, 0.717) is 40.4 Å². The summed E-state index contributed by atoms with van der Waals surface area (Å²) >= 11 is 0. The molecule has 3 nitrogen and oxygen atoms in total. The largest absolute Gasteiger partial charge is 0.393 e. The number of nitriles is 1. The van der Waals surface area contributed by atoms with E-state index in [2.05, 4.69) is 26.8 Å². The number of fused-ring (bicyclic) bond motifs is 5. The average molecular weight is 430 g/mol. The van der Waals surface area contributed by atoms with Gasteiger partial charge in [0.2, 0.25) is 0 Å². The summed E-state index contributed by atoms with van der Waals surface area (Å²) in [5.74, 6) is 4.11. The molecule has 4 saturated carbocycles. The van der Waals surface area contributed by atoms with Crippen molar-refractivity contribution >= 4 is 0 Å². The minimum Gasteiger partial charge on any atom is -0.393 e. The fourth-order valence-corrected chi connectivity index (χ4v) is 9.41. The highest BCUT2D eigenvalue weighted by Gasteiger charge is 2.63. The van der Waals surface area contributed by atoms with Gasteiger partial charge in [0.15, 0.2) is 0 Å². The molecule has 4 aliphatic rings. The topological polar surface area (TPSA) is 64.2 Å². The fourth-order valence-electron chi connectivity index (χ4n) is 9.41. The first-order valence-electron chi connectivity index (χ1n) is 13.3. The molecule has 0 amide bonds. The Kier molecular flexibility index (Phi) is 6.33. The Morgan fingerprint density at radius 1 is 1.03 bits per heavy atom. The summed E-state index contributed by atoms with van der Waals surface area (Å²) in [6.07, 6.45) is 12.3. The second kappa shape index (κ2) is 8.32. The standard InChI is InChI=1S/C28H47NO2/c1-18(7-6-12-26(2,3)31)22-8-9-23-25-19(17-29)15-20-16-21(30)10-13-27(20,4)24(25)11-14-28(22,23)5/h18-25,30-31H,6-16H2,1-5H3/t18-,19?,20?,21+,22-,23+,24+,25+,27+,28-/m1/s1. The molecule has 0 aliphatic heterocycles. The van der Waals surface area contributed by atoms with E-state index in [1.54, 1.807) is 0 Å². The van der Waals surface area contributed by atoms with Crippen LogP contribution >= 0.6 is 0 Å². The van der Waals surface area contributed by atoms with Crippen LogP contribution in [0.4, 0.5) is 0 Å². The molecule has 2 N–H and O–H groups in total. The molecule has 31 heavy (non-hydrogen) atoms. The summed E-state index contributed by atoms with van der Waals surface area (Å²) in [5.41, 5.74) is 0.151. The molecule has 0 radical (unpaired) electrons. The third-order valence-electron chi connectivity index (χ3n) is 11.1. The maximum Gasteiger partial charge on any atom is 0.0659 e. The van der Waals surface area contributed by atoms with Crippen molar-refractivity contribution in [3.63, 3.8) is 0 Å². The lowest BCUT2D eigenvalue weighted by Crippen LogP contribution is -2.56. The van der Waals surface area contributed by atoms with Crippen molar-refractivity contribution in [2.24, 2.45) is 52.3 Å². The van der Waals surface area contributed by atoms with E-state index in [1.807, 2.05) is 13.8 Å². The summed E-state index contributed by atoms with van der Waals surface area (Å²) in [5, 5.41) is 30.6.